The van der Waals surface area contributed by atoms with Crippen molar-refractivity contribution in [3.05, 3.63) is 58.3 Å². The first kappa shape index (κ1) is 11.0. The Hall–Kier alpha value is -2.50. The highest BCUT2D eigenvalue weighted by atomic mass is 19.1. The van der Waals surface area contributed by atoms with E-state index < -0.39 is 17.3 Å². The lowest BCUT2D eigenvalue weighted by Crippen LogP contribution is -2.29. The number of carbonyl (C=O) groups excluding carboxylic acids is 1. The molecule has 5 nitrogen and oxygen atoms in total. The molecule has 6 heteroatoms. The highest BCUT2D eigenvalue weighted by Crippen LogP contribution is 2.05. The second-order valence-corrected chi connectivity index (χ2v) is 3.30. The lowest BCUT2D eigenvalue weighted by atomic mass is 10.2. The van der Waals surface area contributed by atoms with Gasteiger partial charge < -0.3 is 5.73 Å². The average molecular weight is 233 g/mol. The minimum Gasteiger partial charge on any atom is -0.365 e. The standard InChI is InChI=1S/C11H8FN3O2/c12-7-1-3-8(4-2-7)15-11(17)9(10(13)16)5-6-14-15/h1-6H,(H2,13,16). The molecular weight excluding hydrogens is 225 g/mol. The summed E-state index contributed by atoms with van der Waals surface area (Å²) < 4.78 is 13.7. The van der Waals surface area contributed by atoms with E-state index in [1.807, 2.05) is 0 Å². The summed E-state index contributed by atoms with van der Waals surface area (Å²) in [7, 11) is 0. The fourth-order valence-corrected chi connectivity index (χ4v) is 1.37. The number of nitrogens with two attached hydrogens (primary N) is 1. The summed E-state index contributed by atoms with van der Waals surface area (Å²) in [6, 6.07) is 6.40. The van der Waals surface area contributed by atoms with Crippen LogP contribution in [-0.2, 0) is 0 Å². The van der Waals surface area contributed by atoms with Gasteiger partial charge in [-0.3, -0.25) is 9.59 Å². The van der Waals surface area contributed by atoms with Crippen LogP contribution in [0.2, 0.25) is 0 Å². The Kier molecular flexibility index (Phi) is 2.70. The van der Waals surface area contributed by atoms with E-state index in [4.69, 9.17) is 5.73 Å². The topological polar surface area (TPSA) is 78.0 Å². The zero-order valence-electron chi connectivity index (χ0n) is 8.63. The number of halogens is 1. The smallest absolute Gasteiger partial charge is 0.284 e. The van der Waals surface area contributed by atoms with Crippen LogP contribution in [0.25, 0.3) is 5.69 Å². The van der Waals surface area contributed by atoms with Crippen LogP contribution in [0.3, 0.4) is 0 Å². The van der Waals surface area contributed by atoms with E-state index in [1.54, 1.807) is 0 Å². The van der Waals surface area contributed by atoms with Gasteiger partial charge in [0.2, 0.25) is 0 Å². The predicted molar refractivity (Wildman–Crippen MR) is 58.3 cm³/mol. The van der Waals surface area contributed by atoms with Crippen molar-refractivity contribution in [3.63, 3.8) is 0 Å². The summed E-state index contributed by atoms with van der Waals surface area (Å²) in [5.74, 6) is -1.25. The Balaban J connectivity index is 2.61. The summed E-state index contributed by atoms with van der Waals surface area (Å²) in [6.07, 6.45) is 1.28. The highest BCUT2D eigenvalue weighted by Gasteiger charge is 2.10. The summed E-state index contributed by atoms with van der Waals surface area (Å²) in [4.78, 5) is 22.8. The molecule has 0 atom stereocenters. The summed E-state index contributed by atoms with van der Waals surface area (Å²) in [5, 5.41) is 3.80. The van der Waals surface area contributed by atoms with Gasteiger partial charge in [-0.15, -0.1) is 0 Å². The van der Waals surface area contributed by atoms with Crippen molar-refractivity contribution < 1.29 is 9.18 Å². The van der Waals surface area contributed by atoms with Crippen molar-refractivity contribution >= 4 is 5.91 Å². The van der Waals surface area contributed by atoms with Gasteiger partial charge in [-0.1, -0.05) is 0 Å². The number of rotatable bonds is 2. The summed E-state index contributed by atoms with van der Waals surface area (Å²) in [6.45, 7) is 0. The van der Waals surface area contributed by atoms with E-state index in [9.17, 15) is 14.0 Å². The number of carbonyl (C=O) groups is 1. The first-order valence-electron chi connectivity index (χ1n) is 4.73. The third kappa shape index (κ3) is 2.05. The third-order valence-corrected chi connectivity index (χ3v) is 2.18. The summed E-state index contributed by atoms with van der Waals surface area (Å²) >= 11 is 0. The molecule has 0 bridgehead atoms. The third-order valence-electron chi connectivity index (χ3n) is 2.18. The fourth-order valence-electron chi connectivity index (χ4n) is 1.37. The van der Waals surface area contributed by atoms with Gasteiger partial charge in [-0.05, 0) is 30.3 Å². The molecule has 0 aliphatic heterocycles. The number of benzene rings is 1. The molecule has 17 heavy (non-hydrogen) atoms. The molecule has 86 valence electrons. The molecule has 0 radical (unpaired) electrons. The maximum absolute atomic E-state index is 12.7. The molecule has 0 unspecified atom stereocenters. The van der Waals surface area contributed by atoms with Crippen molar-refractivity contribution in [2.45, 2.75) is 0 Å². The van der Waals surface area contributed by atoms with Crippen molar-refractivity contribution in [3.8, 4) is 5.69 Å². The van der Waals surface area contributed by atoms with Crippen LogP contribution in [0.15, 0.2) is 41.3 Å². The minimum absolute atomic E-state index is 0.163. The van der Waals surface area contributed by atoms with Crippen molar-refractivity contribution in [1.29, 1.82) is 0 Å². The fraction of sp³-hybridized carbons (Fsp3) is 0. The molecule has 1 aromatic carbocycles. The molecule has 1 heterocycles. The minimum atomic E-state index is -0.826. The van der Waals surface area contributed by atoms with Gasteiger partial charge >= 0.3 is 0 Å². The zero-order chi connectivity index (χ0) is 12.4. The number of hydrogen-bond donors (Lipinski definition) is 1. The maximum Gasteiger partial charge on any atom is 0.284 e. The predicted octanol–water partition coefficient (Wildman–Crippen LogP) is 0.470. The van der Waals surface area contributed by atoms with Crippen molar-refractivity contribution in [1.82, 2.24) is 9.78 Å². The molecule has 0 saturated carbocycles. The van der Waals surface area contributed by atoms with E-state index in [0.29, 0.717) is 5.69 Å². The van der Waals surface area contributed by atoms with Gasteiger partial charge in [-0.2, -0.15) is 9.78 Å². The zero-order valence-corrected chi connectivity index (χ0v) is 8.63. The number of hydrogen-bond acceptors (Lipinski definition) is 3. The van der Waals surface area contributed by atoms with E-state index in [2.05, 4.69) is 5.10 Å². The van der Waals surface area contributed by atoms with Crippen molar-refractivity contribution in [2.24, 2.45) is 5.73 Å². The molecule has 0 fully saturated rings. The molecule has 2 rings (SSSR count). The van der Waals surface area contributed by atoms with Crippen molar-refractivity contribution in [2.75, 3.05) is 0 Å². The van der Waals surface area contributed by atoms with Crippen LogP contribution in [0, 0.1) is 5.82 Å². The monoisotopic (exact) mass is 233 g/mol. The van der Waals surface area contributed by atoms with Crippen LogP contribution >= 0.6 is 0 Å². The SMILES string of the molecule is NC(=O)c1ccnn(-c2ccc(F)cc2)c1=O. The highest BCUT2D eigenvalue weighted by molar-refractivity contribution is 5.92. The quantitative estimate of drug-likeness (QED) is 0.818. The van der Waals surface area contributed by atoms with Crippen LogP contribution in [0.4, 0.5) is 4.39 Å². The van der Waals surface area contributed by atoms with Crippen LogP contribution in [0.5, 0.6) is 0 Å². The molecular formula is C11H8FN3O2. The van der Waals surface area contributed by atoms with E-state index in [-0.39, 0.29) is 5.56 Å². The van der Waals surface area contributed by atoms with Gasteiger partial charge in [0.1, 0.15) is 11.4 Å². The number of primary amides is 1. The Labute approximate surface area is 95.3 Å². The Morgan fingerprint density at radius 1 is 1.24 bits per heavy atom. The molecule has 2 N–H and O–H groups in total. The second-order valence-electron chi connectivity index (χ2n) is 3.30. The average Bonchev–Trinajstić information content (AvgIpc) is 2.30. The normalized spacial score (nSPS) is 10.2. The van der Waals surface area contributed by atoms with Gasteiger partial charge in [0.25, 0.3) is 11.5 Å². The van der Waals surface area contributed by atoms with Gasteiger partial charge in [0.05, 0.1) is 5.69 Å². The van der Waals surface area contributed by atoms with Crippen LogP contribution < -0.4 is 11.3 Å². The van der Waals surface area contributed by atoms with Crippen LogP contribution in [-0.4, -0.2) is 15.7 Å². The molecule has 1 aromatic heterocycles. The van der Waals surface area contributed by atoms with Crippen LogP contribution in [0.1, 0.15) is 10.4 Å². The Bertz CT molecular complexity index is 619. The molecule has 0 saturated heterocycles. The first-order chi connectivity index (χ1) is 8.09. The lowest BCUT2D eigenvalue weighted by Gasteiger charge is -2.04. The Morgan fingerprint density at radius 3 is 2.47 bits per heavy atom. The lowest BCUT2D eigenvalue weighted by molar-refractivity contribution is 0.0998. The van der Waals surface area contributed by atoms with Gasteiger partial charge in [0, 0.05) is 6.20 Å². The molecule has 2 aromatic rings. The molecule has 0 spiro atoms. The largest absolute Gasteiger partial charge is 0.365 e. The summed E-state index contributed by atoms with van der Waals surface area (Å²) in [5.41, 5.74) is 4.61. The van der Waals surface area contributed by atoms with E-state index >= 15 is 0 Å². The van der Waals surface area contributed by atoms with E-state index in [1.165, 1.54) is 36.5 Å². The van der Waals surface area contributed by atoms with Gasteiger partial charge in [0.15, 0.2) is 0 Å². The second kappa shape index (κ2) is 4.17. The molecule has 1 amide bonds. The number of aromatic nitrogens is 2. The molecule has 0 aliphatic rings. The maximum atomic E-state index is 12.7. The first-order valence-corrected chi connectivity index (χ1v) is 4.73. The van der Waals surface area contributed by atoms with E-state index in [0.717, 1.165) is 4.68 Å². The molecule has 0 aliphatic carbocycles. The Morgan fingerprint density at radius 2 is 1.88 bits per heavy atom. The number of nitrogens with zero attached hydrogens (tertiary/aromatic N) is 2. The number of amides is 1. The van der Waals surface area contributed by atoms with Gasteiger partial charge in [-0.25, -0.2) is 4.39 Å².